The van der Waals surface area contributed by atoms with Crippen molar-refractivity contribution in [2.45, 2.75) is 76.9 Å². The summed E-state index contributed by atoms with van der Waals surface area (Å²) in [5, 5.41) is 21.7. The zero-order chi connectivity index (χ0) is 17.4. The van der Waals surface area contributed by atoms with Gasteiger partial charge in [-0.05, 0) is 74.5 Å². The van der Waals surface area contributed by atoms with Crippen LogP contribution in [-0.4, -0.2) is 46.5 Å². The molecule has 3 heteroatoms. The van der Waals surface area contributed by atoms with Crippen LogP contribution >= 0.6 is 0 Å². The van der Waals surface area contributed by atoms with Crippen molar-refractivity contribution in [2.24, 2.45) is 28.6 Å². The highest BCUT2D eigenvalue weighted by Crippen LogP contribution is 2.67. The molecule has 1 aliphatic heterocycles. The first-order chi connectivity index (χ1) is 11.9. The largest absolute Gasteiger partial charge is 0.393 e. The van der Waals surface area contributed by atoms with Gasteiger partial charge in [0.05, 0.1) is 11.7 Å². The van der Waals surface area contributed by atoms with Crippen LogP contribution in [0.5, 0.6) is 0 Å². The van der Waals surface area contributed by atoms with Crippen molar-refractivity contribution < 1.29 is 10.2 Å². The van der Waals surface area contributed by atoms with Gasteiger partial charge in [-0.15, -0.1) is 0 Å². The molecule has 5 rings (SSSR count). The number of nitrogens with zero attached hydrogens (tertiary/aromatic N) is 1. The number of hydrogen-bond acceptors (Lipinski definition) is 3. The molecule has 3 nitrogen and oxygen atoms in total. The van der Waals surface area contributed by atoms with Crippen LogP contribution in [-0.2, 0) is 0 Å². The molecule has 0 radical (unpaired) electrons. The number of allylic oxidation sites excluding steroid dienone is 1. The monoisotopic (exact) mass is 345 g/mol. The smallest absolute Gasteiger partial charge is 0.0830 e. The van der Waals surface area contributed by atoms with Gasteiger partial charge in [0, 0.05) is 25.0 Å². The highest BCUT2D eigenvalue weighted by Gasteiger charge is 2.64. The van der Waals surface area contributed by atoms with E-state index in [2.05, 4.69) is 24.8 Å². The van der Waals surface area contributed by atoms with E-state index in [1.807, 2.05) is 0 Å². The number of fused-ring (bicyclic) bond motifs is 5. The van der Waals surface area contributed by atoms with E-state index in [4.69, 9.17) is 0 Å². The van der Waals surface area contributed by atoms with E-state index in [0.29, 0.717) is 11.3 Å². The van der Waals surface area contributed by atoms with Gasteiger partial charge in [-0.25, -0.2) is 0 Å². The zero-order valence-corrected chi connectivity index (χ0v) is 16.0. The van der Waals surface area contributed by atoms with Gasteiger partial charge in [-0.3, -0.25) is 4.90 Å². The van der Waals surface area contributed by atoms with Gasteiger partial charge >= 0.3 is 0 Å². The van der Waals surface area contributed by atoms with Crippen molar-refractivity contribution in [3.63, 3.8) is 0 Å². The van der Waals surface area contributed by atoms with Gasteiger partial charge in [0.2, 0.25) is 0 Å². The van der Waals surface area contributed by atoms with Crippen LogP contribution in [0.4, 0.5) is 0 Å². The predicted octanol–water partition coefficient (Wildman–Crippen LogP) is 3.36. The van der Waals surface area contributed by atoms with Crippen LogP contribution in [0.15, 0.2) is 11.6 Å². The molecule has 25 heavy (non-hydrogen) atoms. The quantitative estimate of drug-likeness (QED) is 0.596. The second-order valence-corrected chi connectivity index (χ2v) is 10.5. The van der Waals surface area contributed by atoms with Crippen LogP contribution < -0.4 is 0 Å². The van der Waals surface area contributed by atoms with E-state index < -0.39 is 5.60 Å². The average molecular weight is 346 g/mol. The minimum absolute atomic E-state index is 0.104. The molecule has 3 saturated carbocycles. The minimum atomic E-state index is -0.465. The van der Waals surface area contributed by atoms with Crippen LogP contribution in [0.1, 0.15) is 65.2 Å². The number of hydrogen-bond donors (Lipinski definition) is 2. The Kier molecular flexibility index (Phi) is 3.57. The van der Waals surface area contributed by atoms with Gasteiger partial charge in [0.25, 0.3) is 0 Å². The van der Waals surface area contributed by atoms with Crippen molar-refractivity contribution in [3.05, 3.63) is 11.6 Å². The Morgan fingerprint density at radius 3 is 2.60 bits per heavy atom. The highest BCUT2D eigenvalue weighted by atomic mass is 16.3. The van der Waals surface area contributed by atoms with Crippen LogP contribution in [0, 0.1) is 28.6 Å². The summed E-state index contributed by atoms with van der Waals surface area (Å²) >= 11 is 0. The van der Waals surface area contributed by atoms with E-state index >= 15 is 0 Å². The van der Waals surface area contributed by atoms with E-state index in [1.54, 1.807) is 5.57 Å². The lowest BCUT2D eigenvalue weighted by Gasteiger charge is -2.59. The Bertz CT molecular complexity index is 599. The number of aliphatic hydroxyl groups excluding tert-OH is 1. The summed E-state index contributed by atoms with van der Waals surface area (Å²) in [6.45, 7) is 8.17. The topological polar surface area (TPSA) is 43.5 Å². The number of rotatable bonds is 2. The van der Waals surface area contributed by atoms with Crippen LogP contribution in [0.3, 0.4) is 0 Å². The highest BCUT2D eigenvalue weighted by molar-refractivity contribution is 5.26. The summed E-state index contributed by atoms with van der Waals surface area (Å²) in [7, 11) is 0. The molecule has 1 heterocycles. The Hall–Kier alpha value is -0.380. The molecule has 0 aromatic rings. The zero-order valence-electron chi connectivity index (χ0n) is 16.0. The standard InChI is InChI=1S/C22H35NO2/c1-20-8-5-16(24)13-15(20)3-4-17-18(20)6-9-21(2)19(17)7-10-22(21,25)14-23-11-12-23/h3,16-19,24-25H,4-14H2,1-2H3/t16?,17-,18+,19+,20+,21+,22?/m1/s1. The fourth-order valence-electron chi connectivity index (χ4n) is 7.61. The first kappa shape index (κ1) is 16.8. The third kappa shape index (κ3) is 2.28. The van der Waals surface area contributed by atoms with E-state index in [9.17, 15) is 10.2 Å². The lowest BCUT2D eigenvalue weighted by atomic mass is 9.47. The summed E-state index contributed by atoms with van der Waals surface area (Å²) in [5.74, 6) is 2.19. The predicted molar refractivity (Wildman–Crippen MR) is 99.1 cm³/mol. The summed E-state index contributed by atoms with van der Waals surface area (Å²) in [4.78, 5) is 2.42. The number of β-amino-alcohol motifs (C(OH)–C–C–N with tert-alkyl or cyclic N) is 1. The summed E-state index contributed by atoms with van der Waals surface area (Å²) < 4.78 is 0. The fraction of sp³-hybridized carbons (Fsp3) is 0.909. The third-order valence-electron chi connectivity index (χ3n) is 9.42. The minimum Gasteiger partial charge on any atom is -0.393 e. The molecule has 2 unspecified atom stereocenters. The lowest BCUT2D eigenvalue weighted by Crippen LogP contribution is -2.56. The number of aliphatic hydroxyl groups is 2. The SMILES string of the molecule is C[C@]12CCC(O)CC1=CC[C@@H]1[C@@H]2CC[C@@]2(C)[C@H]1CCC2(O)CN1CC1. The van der Waals surface area contributed by atoms with Crippen molar-refractivity contribution in [1.29, 1.82) is 0 Å². The molecule has 0 aromatic carbocycles. The normalized spacial score (nSPS) is 55.1. The van der Waals surface area contributed by atoms with Crippen LogP contribution in [0.25, 0.3) is 0 Å². The molecule has 0 spiro atoms. The van der Waals surface area contributed by atoms with Gasteiger partial charge in [-0.2, -0.15) is 0 Å². The summed E-state index contributed by atoms with van der Waals surface area (Å²) in [6.07, 6.45) is 11.3. The van der Waals surface area contributed by atoms with E-state index in [0.717, 1.165) is 44.1 Å². The van der Waals surface area contributed by atoms with E-state index in [-0.39, 0.29) is 11.5 Å². The molecule has 1 saturated heterocycles. The lowest BCUT2D eigenvalue weighted by molar-refractivity contribution is -0.128. The van der Waals surface area contributed by atoms with Gasteiger partial charge in [-0.1, -0.05) is 25.5 Å². The average Bonchev–Trinajstić information content (AvgIpc) is 3.33. The van der Waals surface area contributed by atoms with Gasteiger partial charge in [0.1, 0.15) is 0 Å². The second-order valence-electron chi connectivity index (χ2n) is 10.5. The molecule has 4 aliphatic carbocycles. The molecule has 0 amide bonds. The third-order valence-corrected chi connectivity index (χ3v) is 9.42. The van der Waals surface area contributed by atoms with Crippen molar-refractivity contribution in [1.82, 2.24) is 4.90 Å². The molecule has 4 fully saturated rings. The Morgan fingerprint density at radius 2 is 1.84 bits per heavy atom. The van der Waals surface area contributed by atoms with Crippen molar-refractivity contribution in [2.75, 3.05) is 19.6 Å². The first-order valence-electron chi connectivity index (χ1n) is 10.7. The molecule has 2 N–H and O–H groups in total. The van der Waals surface area contributed by atoms with Crippen molar-refractivity contribution >= 4 is 0 Å². The molecular formula is C22H35NO2. The Balaban J connectivity index is 1.45. The first-order valence-corrected chi connectivity index (χ1v) is 10.7. The second kappa shape index (κ2) is 5.33. The molecule has 140 valence electrons. The fourth-order valence-corrected chi connectivity index (χ4v) is 7.61. The molecule has 0 bridgehead atoms. The van der Waals surface area contributed by atoms with E-state index in [1.165, 1.54) is 38.8 Å². The molecule has 5 aliphatic rings. The summed E-state index contributed by atoms with van der Waals surface area (Å²) in [6, 6.07) is 0. The Morgan fingerprint density at radius 1 is 1.08 bits per heavy atom. The molecule has 0 aromatic heterocycles. The molecular weight excluding hydrogens is 310 g/mol. The summed E-state index contributed by atoms with van der Waals surface area (Å²) in [5.41, 5.74) is 1.50. The molecule has 7 atom stereocenters. The van der Waals surface area contributed by atoms with Crippen molar-refractivity contribution in [3.8, 4) is 0 Å². The maximum Gasteiger partial charge on any atom is 0.0830 e. The van der Waals surface area contributed by atoms with Crippen LogP contribution in [0.2, 0.25) is 0 Å². The van der Waals surface area contributed by atoms with Gasteiger partial charge < -0.3 is 10.2 Å². The Labute approximate surface area is 152 Å². The maximum atomic E-state index is 11.6. The maximum absolute atomic E-state index is 11.6. The van der Waals surface area contributed by atoms with Gasteiger partial charge in [0.15, 0.2) is 0 Å².